The first-order valence-electron chi connectivity index (χ1n) is 12.8. The van der Waals surface area contributed by atoms with Crippen molar-refractivity contribution in [2.75, 3.05) is 29.0 Å². The van der Waals surface area contributed by atoms with Crippen LogP contribution >= 0.6 is 0 Å². The Morgan fingerprint density at radius 3 is 2.45 bits per heavy atom. The first-order valence-corrected chi connectivity index (χ1v) is 14.3. The second-order valence-electron chi connectivity index (χ2n) is 9.48. The summed E-state index contributed by atoms with van der Waals surface area (Å²) in [5.41, 5.74) is 2.53. The molecule has 5 rings (SSSR count). The number of nitrogens with zero attached hydrogens (tertiary/aromatic N) is 2. The lowest BCUT2D eigenvalue weighted by Crippen LogP contribution is -2.35. The predicted molar refractivity (Wildman–Crippen MR) is 153 cm³/mol. The van der Waals surface area contributed by atoms with E-state index in [0.29, 0.717) is 33.7 Å². The molecule has 1 aliphatic rings. The third-order valence-corrected chi connectivity index (χ3v) is 7.84. The molecule has 0 aliphatic carbocycles. The number of methoxy groups -OCH3 is 1. The van der Waals surface area contributed by atoms with Gasteiger partial charge in [0, 0.05) is 17.4 Å². The zero-order chi connectivity index (χ0) is 28.3. The lowest BCUT2D eigenvalue weighted by atomic mass is 10.1. The lowest BCUT2D eigenvalue weighted by molar-refractivity contribution is -0.117. The van der Waals surface area contributed by atoms with Crippen LogP contribution in [0, 0.1) is 0 Å². The number of fused-ring (bicyclic) bond motifs is 1. The van der Waals surface area contributed by atoms with Gasteiger partial charge in [0.25, 0.3) is 10.0 Å². The van der Waals surface area contributed by atoms with Gasteiger partial charge in [0.15, 0.2) is 11.6 Å². The topological polar surface area (TPSA) is 155 Å². The fourth-order valence-corrected chi connectivity index (χ4v) is 5.47. The largest absolute Gasteiger partial charge is 0.497 e. The molecule has 1 aromatic heterocycles. The van der Waals surface area contributed by atoms with Gasteiger partial charge in [-0.05, 0) is 74.3 Å². The van der Waals surface area contributed by atoms with E-state index in [9.17, 15) is 18.3 Å². The number of carbonyl (C=O) groups is 1. The molecule has 1 unspecified atom stereocenters. The number of aliphatic hydroxyl groups is 1. The zero-order valence-electron chi connectivity index (χ0n) is 22.0. The number of ether oxygens (including phenoxy) is 1. The number of benzene rings is 3. The van der Waals surface area contributed by atoms with Crippen LogP contribution in [-0.2, 0) is 14.8 Å². The molecule has 3 aromatic carbocycles. The third kappa shape index (κ3) is 6.14. The molecule has 11 nitrogen and oxygen atoms in total. The van der Waals surface area contributed by atoms with Crippen molar-refractivity contribution in [3.05, 3.63) is 72.3 Å². The second-order valence-corrected chi connectivity index (χ2v) is 11.2. The van der Waals surface area contributed by atoms with Gasteiger partial charge in [0.05, 0.1) is 35.2 Å². The molecular weight excluding hydrogens is 532 g/mol. The number of para-hydroxylation sites is 2. The molecule has 1 aliphatic heterocycles. The van der Waals surface area contributed by atoms with Crippen LogP contribution in [-0.4, -0.2) is 49.1 Å². The number of carbonyl (C=O) groups excluding carboxylic acids is 1. The van der Waals surface area contributed by atoms with E-state index >= 15 is 0 Å². The van der Waals surface area contributed by atoms with Crippen LogP contribution in [0.15, 0.2) is 71.6 Å². The summed E-state index contributed by atoms with van der Waals surface area (Å²) in [5, 5.41) is 19.1. The Kier molecular flexibility index (Phi) is 7.83. The van der Waals surface area contributed by atoms with E-state index in [-0.39, 0.29) is 28.5 Å². The zero-order valence-corrected chi connectivity index (χ0v) is 22.8. The third-order valence-electron chi connectivity index (χ3n) is 6.50. The van der Waals surface area contributed by atoms with Gasteiger partial charge in [0.1, 0.15) is 5.75 Å². The maximum Gasteiger partial charge on any atom is 0.263 e. The molecule has 0 radical (unpaired) electrons. The molecule has 0 bridgehead atoms. The Bertz CT molecular complexity index is 1650. The van der Waals surface area contributed by atoms with Gasteiger partial charge in [0.2, 0.25) is 5.91 Å². The van der Waals surface area contributed by atoms with Crippen molar-refractivity contribution < 1.29 is 23.1 Å². The summed E-state index contributed by atoms with van der Waals surface area (Å²) in [6.07, 6.45) is 0.886. The number of aromatic nitrogens is 2. The van der Waals surface area contributed by atoms with E-state index in [4.69, 9.17) is 4.74 Å². The van der Waals surface area contributed by atoms with Gasteiger partial charge >= 0.3 is 0 Å². The van der Waals surface area contributed by atoms with E-state index in [0.717, 1.165) is 19.4 Å². The second kappa shape index (κ2) is 11.5. The van der Waals surface area contributed by atoms with Crippen molar-refractivity contribution in [2.45, 2.75) is 36.8 Å². The van der Waals surface area contributed by atoms with Crippen LogP contribution in [0.25, 0.3) is 11.0 Å². The summed E-state index contributed by atoms with van der Waals surface area (Å²) < 4.78 is 34.9. The van der Waals surface area contributed by atoms with Crippen LogP contribution < -0.4 is 25.4 Å². The monoisotopic (exact) mass is 562 g/mol. The molecule has 4 aromatic rings. The lowest BCUT2D eigenvalue weighted by Gasteiger charge is -2.16. The minimum Gasteiger partial charge on any atom is -0.497 e. The van der Waals surface area contributed by atoms with E-state index < -0.39 is 16.1 Å². The van der Waals surface area contributed by atoms with Crippen molar-refractivity contribution in [2.24, 2.45) is 0 Å². The number of sulfonamides is 1. The number of hydrogen-bond donors (Lipinski definition) is 5. The van der Waals surface area contributed by atoms with Crippen molar-refractivity contribution >= 4 is 50.0 Å². The highest BCUT2D eigenvalue weighted by Gasteiger charge is 2.23. The van der Waals surface area contributed by atoms with Crippen molar-refractivity contribution in [1.29, 1.82) is 0 Å². The number of rotatable bonds is 9. The quantitative estimate of drug-likeness (QED) is 0.204. The minimum absolute atomic E-state index is 0.0234. The number of aliphatic hydroxyl groups excluding tert-OH is 1. The highest BCUT2D eigenvalue weighted by Crippen LogP contribution is 2.31. The van der Waals surface area contributed by atoms with Crippen molar-refractivity contribution in [3.63, 3.8) is 0 Å². The molecule has 2 atom stereocenters. The highest BCUT2D eigenvalue weighted by atomic mass is 32.2. The smallest absolute Gasteiger partial charge is 0.263 e. The van der Waals surface area contributed by atoms with E-state index in [1.165, 1.54) is 19.2 Å². The fourth-order valence-electron chi connectivity index (χ4n) is 4.41. The Hall–Kier alpha value is -4.26. The Labute approximate surface area is 232 Å². The first kappa shape index (κ1) is 27.3. The molecular formula is C28H30N6O5S. The summed E-state index contributed by atoms with van der Waals surface area (Å²) >= 11 is 0. The Balaban J connectivity index is 1.47. The molecule has 0 saturated carbocycles. The number of amides is 1. The molecule has 2 heterocycles. The van der Waals surface area contributed by atoms with Crippen molar-refractivity contribution in [3.8, 4) is 5.75 Å². The van der Waals surface area contributed by atoms with Gasteiger partial charge in [-0.2, -0.15) is 0 Å². The van der Waals surface area contributed by atoms with E-state index in [2.05, 4.69) is 30.6 Å². The minimum atomic E-state index is -4.13. The molecule has 0 spiro atoms. The normalized spacial score (nSPS) is 15.9. The average molecular weight is 563 g/mol. The number of nitrogens with one attached hydrogen (secondary N) is 4. The van der Waals surface area contributed by atoms with Crippen LogP contribution in [0.5, 0.6) is 5.75 Å². The maximum absolute atomic E-state index is 13.5. The predicted octanol–water partition coefficient (Wildman–Crippen LogP) is 3.93. The average Bonchev–Trinajstić information content (AvgIpc) is 3.49. The van der Waals surface area contributed by atoms with Gasteiger partial charge in [-0.1, -0.05) is 18.2 Å². The summed E-state index contributed by atoms with van der Waals surface area (Å²) in [4.78, 5) is 21.6. The van der Waals surface area contributed by atoms with Crippen LogP contribution in [0.3, 0.4) is 0 Å². The van der Waals surface area contributed by atoms with Crippen LogP contribution in [0.4, 0.5) is 23.0 Å². The van der Waals surface area contributed by atoms with Gasteiger partial charge in [-0.15, -0.1) is 0 Å². The molecule has 5 N–H and O–H groups in total. The summed E-state index contributed by atoms with van der Waals surface area (Å²) in [6, 6.07) is 17.9. The van der Waals surface area contributed by atoms with Crippen LogP contribution in [0.1, 0.15) is 31.4 Å². The van der Waals surface area contributed by atoms with Crippen molar-refractivity contribution in [1.82, 2.24) is 15.3 Å². The SMILES string of the molecule is COc1cc(Nc2nc3ccccc3nc2NS(=O)(=O)c2cccc(NC(=O)[C@@H]3CCCN3)c2)cc(C(C)O)c1. The summed E-state index contributed by atoms with van der Waals surface area (Å²) in [5.74, 6) is 0.429. The van der Waals surface area contributed by atoms with E-state index in [1.807, 2.05) is 6.07 Å². The number of hydrogen-bond acceptors (Lipinski definition) is 9. The highest BCUT2D eigenvalue weighted by molar-refractivity contribution is 7.92. The summed E-state index contributed by atoms with van der Waals surface area (Å²) in [6.45, 7) is 2.41. The molecule has 208 valence electrons. The molecule has 12 heteroatoms. The molecule has 40 heavy (non-hydrogen) atoms. The molecule has 1 saturated heterocycles. The molecule has 1 amide bonds. The van der Waals surface area contributed by atoms with E-state index in [1.54, 1.807) is 55.5 Å². The number of anilines is 4. The van der Waals surface area contributed by atoms with Gasteiger partial charge < -0.3 is 25.8 Å². The standard InChI is InChI=1S/C28H30N6O5S/c1-17(35)18-13-20(15-21(14-18)39-2)30-26-27(33-24-10-4-3-9-23(24)32-26)34-40(37,38)22-8-5-7-19(16-22)31-28(36)25-11-6-12-29-25/h3-5,7-10,13-17,25,29,35H,6,11-12H2,1-2H3,(H,30,32)(H,31,36)(H,33,34)/t17?,25-/m0/s1. The van der Waals surface area contributed by atoms with Gasteiger partial charge in [-0.25, -0.2) is 18.4 Å². The Morgan fingerprint density at radius 1 is 1.02 bits per heavy atom. The maximum atomic E-state index is 13.5. The molecule has 1 fully saturated rings. The first-order chi connectivity index (χ1) is 19.2. The van der Waals surface area contributed by atoms with Gasteiger partial charge in [-0.3, -0.25) is 9.52 Å². The van der Waals surface area contributed by atoms with Crippen LogP contribution in [0.2, 0.25) is 0 Å². The summed E-state index contributed by atoms with van der Waals surface area (Å²) in [7, 11) is -2.62. The fraction of sp³-hybridized carbons (Fsp3) is 0.250. The Morgan fingerprint density at radius 2 is 1.77 bits per heavy atom.